The van der Waals surface area contributed by atoms with Crippen molar-refractivity contribution in [1.29, 1.82) is 0 Å². The van der Waals surface area contributed by atoms with Crippen LogP contribution in [0.3, 0.4) is 0 Å². The van der Waals surface area contributed by atoms with Gasteiger partial charge in [0.25, 0.3) is 0 Å². The molecular weight excluding hydrogens is 236 g/mol. The van der Waals surface area contributed by atoms with Gasteiger partial charge >= 0.3 is 0 Å². The molecule has 0 bridgehead atoms. The summed E-state index contributed by atoms with van der Waals surface area (Å²) in [6, 6.07) is 8.22. The van der Waals surface area contributed by atoms with Gasteiger partial charge in [0.2, 0.25) is 0 Å². The van der Waals surface area contributed by atoms with Crippen LogP contribution in [-0.2, 0) is 0 Å². The van der Waals surface area contributed by atoms with Crippen LogP contribution >= 0.6 is 0 Å². The van der Waals surface area contributed by atoms with Crippen LogP contribution in [0, 0.1) is 0 Å². The van der Waals surface area contributed by atoms with Crippen LogP contribution in [0.2, 0.25) is 0 Å². The van der Waals surface area contributed by atoms with E-state index in [1.54, 1.807) is 0 Å². The normalized spacial score (nSPS) is 10.6. The molecule has 0 aliphatic heterocycles. The number of nitrogens with zero attached hydrogens (tertiary/aromatic N) is 1. The summed E-state index contributed by atoms with van der Waals surface area (Å²) in [4.78, 5) is 4.38. The minimum atomic E-state index is 0.788. The first-order valence-electron chi connectivity index (χ1n) is 7.10. The number of anilines is 1. The maximum atomic E-state index is 5.79. The predicted molar refractivity (Wildman–Crippen MR) is 80.9 cm³/mol. The molecule has 0 unspecified atom stereocenters. The summed E-state index contributed by atoms with van der Waals surface area (Å²) in [5.74, 6) is 1.86. The van der Waals surface area contributed by atoms with Gasteiger partial charge in [0, 0.05) is 18.1 Å². The number of ether oxygens (including phenoxy) is 1. The number of pyridine rings is 1. The highest BCUT2D eigenvalue weighted by molar-refractivity contribution is 5.92. The van der Waals surface area contributed by atoms with Crippen molar-refractivity contribution in [2.45, 2.75) is 33.1 Å². The van der Waals surface area contributed by atoms with Gasteiger partial charge in [-0.1, -0.05) is 25.8 Å². The van der Waals surface area contributed by atoms with Crippen LogP contribution in [0.25, 0.3) is 10.8 Å². The molecule has 0 radical (unpaired) electrons. The first-order valence-corrected chi connectivity index (χ1v) is 7.10. The highest BCUT2D eigenvalue weighted by Crippen LogP contribution is 2.25. The molecule has 1 aromatic heterocycles. The van der Waals surface area contributed by atoms with Gasteiger partial charge in [0.15, 0.2) is 0 Å². The van der Waals surface area contributed by atoms with E-state index in [9.17, 15) is 0 Å². The molecule has 2 rings (SSSR count). The van der Waals surface area contributed by atoms with Crippen LogP contribution in [-0.4, -0.2) is 18.1 Å². The Morgan fingerprint density at radius 2 is 2.05 bits per heavy atom. The van der Waals surface area contributed by atoms with Crippen LogP contribution < -0.4 is 10.1 Å². The molecule has 0 aliphatic carbocycles. The molecule has 2 aromatic rings. The maximum absolute atomic E-state index is 5.79. The van der Waals surface area contributed by atoms with Gasteiger partial charge in [-0.3, -0.25) is 0 Å². The second kappa shape index (κ2) is 6.98. The standard InChI is InChI=1S/C16H22N2O/c1-3-5-6-11-19-14-8-7-13-9-10-18-16(17-4-2)15(13)12-14/h7-10,12H,3-6,11H2,1-2H3,(H,17,18). The van der Waals surface area contributed by atoms with Gasteiger partial charge in [0.1, 0.15) is 11.6 Å². The number of nitrogens with one attached hydrogen (secondary N) is 1. The number of benzene rings is 1. The van der Waals surface area contributed by atoms with E-state index in [2.05, 4.69) is 36.3 Å². The van der Waals surface area contributed by atoms with Crippen molar-refractivity contribution in [2.24, 2.45) is 0 Å². The van der Waals surface area contributed by atoms with E-state index in [1.807, 2.05) is 18.3 Å². The Morgan fingerprint density at radius 3 is 2.84 bits per heavy atom. The Morgan fingerprint density at radius 1 is 1.16 bits per heavy atom. The molecule has 0 atom stereocenters. The summed E-state index contributed by atoms with van der Waals surface area (Å²) >= 11 is 0. The van der Waals surface area contributed by atoms with Gasteiger partial charge in [-0.25, -0.2) is 4.98 Å². The van der Waals surface area contributed by atoms with Gasteiger partial charge in [0.05, 0.1) is 6.61 Å². The van der Waals surface area contributed by atoms with Crippen LogP contribution in [0.1, 0.15) is 33.1 Å². The minimum Gasteiger partial charge on any atom is -0.494 e. The SMILES string of the molecule is CCCCCOc1ccc2ccnc(NCC)c2c1. The average Bonchev–Trinajstić information content (AvgIpc) is 2.44. The molecular formula is C16H22N2O. The first-order chi connectivity index (χ1) is 9.35. The zero-order valence-corrected chi connectivity index (χ0v) is 11.8. The topological polar surface area (TPSA) is 34.1 Å². The molecule has 0 saturated heterocycles. The van der Waals surface area contributed by atoms with E-state index in [0.29, 0.717) is 0 Å². The van der Waals surface area contributed by atoms with Gasteiger partial charge in [-0.2, -0.15) is 0 Å². The summed E-state index contributed by atoms with van der Waals surface area (Å²) < 4.78 is 5.79. The van der Waals surface area contributed by atoms with E-state index >= 15 is 0 Å². The molecule has 0 aliphatic rings. The molecule has 102 valence electrons. The summed E-state index contributed by atoms with van der Waals surface area (Å²) in [7, 11) is 0. The molecule has 3 heteroatoms. The van der Waals surface area contributed by atoms with Crippen LogP contribution in [0.4, 0.5) is 5.82 Å². The first kappa shape index (κ1) is 13.7. The molecule has 1 heterocycles. The largest absolute Gasteiger partial charge is 0.494 e. The Labute approximate surface area is 115 Å². The molecule has 19 heavy (non-hydrogen) atoms. The van der Waals surface area contributed by atoms with E-state index in [0.717, 1.165) is 36.5 Å². The van der Waals surface area contributed by atoms with Crippen molar-refractivity contribution < 1.29 is 4.74 Å². The quantitative estimate of drug-likeness (QED) is 0.754. The minimum absolute atomic E-state index is 0.788. The number of unbranched alkanes of at least 4 members (excludes halogenated alkanes) is 2. The maximum Gasteiger partial charge on any atom is 0.133 e. The lowest BCUT2D eigenvalue weighted by Crippen LogP contribution is -2.00. The van der Waals surface area contributed by atoms with Crippen molar-refractivity contribution in [3.05, 3.63) is 30.5 Å². The Hall–Kier alpha value is -1.77. The third-order valence-electron chi connectivity index (χ3n) is 3.10. The smallest absolute Gasteiger partial charge is 0.133 e. The third-order valence-corrected chi connectivity index (χ3v) is 3.10. The molecule has 0 spiro atoms. The summed E-state index contributed by atoms with van der Waals surface area (Å²) in [6.45, 7) is 5.93. The molecule has 0 fully saturated rings. The Bertz CT molecular complexity index is 525. The number of hydrogen-bond donors (Lipinski definition) is 1. The highest BCUT2D eigenvalue weighted by atomic mass is 16.5. The van der Waals surface area contributed by atoms with Crippen molar-refractivity contribution in [2.75, 3.05) is 18.5 Å². The lowest BCUT2D eigenvalue weighted by atomic mass is 10.1. The number of aromatic nitrogens is 1. The fraction of sp³-hybridized carbons (Fsp3) is 0.438. The molecule has 0 saturated carbocycles. The predicted octanol–water partition coefficient (Wildman–Crippen LogP) is 4.24. The fourth-order valence-corrected chi connectivity index (χ4v) is 2.09. The molecule has 1 N–H and O–H groups in total. The summed E-state index contributed by atoms with van der Waals surface area (Å²) in [6.07, 6.45) is 5.39. The molecule has 3 nitrogen and oxygen atoms in total. The van der Waals surface area contributed by atoms with Gasteiger partial charge in [-0.05, 0) is 36.9 Å². The summed E-state index contributed by atoms with van der Waals surface area (Å²) in [5.41, 5.74) is 0. The number of rotatable bonds is 7. The van der Waals surface area contributed by atoms with E-state index in [1.165, 1.54) is 18.2 Å². The molecule has 1 aromatic carbocycles. The number of fused-ring (bicyclic) bond motifs is 1. The van der Waals surface area contributed by atoms with Crippen LogP contribution in [0.5, 0.6) is 5.75 Å². The molecule has 0 amide bonds. The van der Waals surface area contributed by atoms with Crippen molar-refractivity contribution in [3.8, 4) is 5.75 Å². The van der Waals surface area contributed by atoms with Crippen LogP contribution in [0.15, 0.2) is 30.5 Å². The van der Waals surface area contributed by atoms with Crippen molar-refractivity contribution >= 4 is 16.6 Å². The Balaban J connectivity index is 2.15. The second-order valence-electron chi connectivity index (χ2n) is 4.63. The Kier molecular flexibility index (Phi) is 5.01. The van der Waals surface area contributed by atoms with Crippen molar-refractivity contribution in [3.63, 3.8) is 0 Å². The third kappa shape index (κ3) is 3.60. The number of hydrogen-bond acceptors (Lipinski definition) is 3. The van der Waals surface area contributed by atoms with Gasteiger partial charge < -0.3 is 10.1 Å². The van der Waals surface area contributed by atoms with Crippen molar-refractivity contribution in [1.82, 2.24) is 4.98 Å². The van der Waals surface area contributed by atoms with Gasteiger partial charge in [-0.15, -0.1) is 0 Å². The van der Waals surface area contributed by atoms with E-state index in [-0.39, 0.29) is 0 Å². The lowest BCUT2D eigenvalue weighted by molar-refractivity contribution is 0.306. The zero-order chi connectivity index (χ0) is 13.5. The lowest BCUT2D eigenvalue weighted by Gasteiger charge is -2.10. The van der Waals surface area contributed by atoms with E-state index in [4.69, 9.17) is 4.74 Å². The zero-order valence-electron chi connectivity index (χ0n) is 11.8. The van der Waals surface area contributed by atoms with E-state index < -0.39 is 0 Å². The monoisotopic (exact) mass is 258 g/mol. The second-order valence-corrected chi connectivity index (χ2v) is 4.63. The average molecular weight is 258 g/mol. The highest BCUT2D eigenvalue weighted by Gasteiger charge is 2.03. The summed E-state index contributed by atoms with van der Waals surface area (Å²) in [5, 5.41) is 5.60. The fourth-order valence-electron chi connectivity index (χ4n) is 2.09.